The second-order valence-electron chi connectivity index (χ2n) is 10.9. The molecule has 2 aromatic rings. The van der Waals surface area contributed by atoms with Gasteiger partial charge in [0.05, 0.1) is 0 Å². The highest BCUT2D eigenvalue weighted by molar-refractivity contribution is 5.57. The molecular weight excluding hydrogens is 454 g/mol. The number of aromatic nitrogens is 3. The first-order valence-corrected chi connectivity index (χ1v) is 15.0. The van der Waals surface area contributed by atoms with Crippen molar-refractivity contribution in [1.29, 1.82) is 0 Å². The molecule has 2 saturated carbocycles. The standard InChI is InChI=1S/C32H47N5/c1-3-9-15-21-27(22-16-10-4-1)30-35-31(33-28-23-17-11-5-2-6-12-18-24-28)37-32(36-30)34-29-25-19-13-7-8-14-20-26-29/h1,3-4,9-10,15-16,21-22,28-29H,2,5-8,11-14,17-20,23-26H2,(H2,33,34,35,36,37). The molecule has 2 N–H and O–H groups in total. The number of rotatable bonds is 5. The summed E-state index contributed by atoms with van der Waals surface area (Å²) in [5.74, 6) is 2.15. The summed E-state index contributed by atoms with van der Waals surface area (Å²) in [4.78, 5) is 14.8. The fourth-order valence-corrected chi connectivity index (χ4v) is 5.57. The van der Waals surface area contributed by atoms with Crippen molar-refractivity contribution in [2.24, 2.45) is 0 Å². The van der Waals surface area contributed by atoms with E-state index in [2.05, 4.69) is 34.9 Å². The van der Waals surface area contributed by atoms with Crippen LogP contribution in [0.25, 0.3) is 11.4 Å². The Morgan fingerprint density at radius 3 is 1.19 bits per heavy atom. The Kier molecular flexibility index (Phi) is 12.0. The molecule has 2 aliphatic carbocycles. The zero-order valence-corrected chi connectivity index (χ0v) is 22.7. The maximum Gasteiger partial charge on any atom is 0.228 e. The summed E-state index contributed by atoms with van der Waals surface area (Å²) in [5, 5.41) is 7.47. The second-order valence-corrected chi connectivity index (χ2v) is 10.9. The van der Waals surface area contributed by atoms with Gasteiger partial charge in [0.25, 0.3) is 0 Å². The number of nitrogens with one attached hydrogen (secondary N) is 2. The summed E-state index contributed by atoms with van der Waals surface area (Å²) < 4.78 is 0. The van der Waals surface area contributed by atoms with Gasteiger partial charge in [0.15, 0.2) is 5.82 Å². The molecule has 2 aliphatic rings. The highest BCUT2D eigenvalue weighted by Crippen LogP contribution is 2.24. The molecule has 0 unspecified atom stereocenters. The Balaban J connectivity index is 1.60. The highest BCUT2D eigenvalue weighted by Gasteiger charge is 2.17. The van der Waals surface area contributed by atoms with Crippen LogP contribution in [0.3, 0.4) is 0 Å². The lowest BCUT2D eigenvalue weighted by Gasteiger charge is -2.22. The van der Waals surface area contributed by atoms with Crippen LogP contribution >= 0.6 is 0 Å². The van der Waals surface area contributed by atoms with Crippen molar-refractivity contribution in [2.45, 2.75) is 121 Å². The third-order valence-corrected chi connectivity index (χ3v) is 7.74. The number of nitrogens with zero attached hydrogens (tertiary/aromatic N) is 3. The summed E-state index contributed by atoms with van der Waals surface area (Å²) in [6, 6.07) is 19.3. The summed E-state index contributed by atoms with van der Waals surface area (Å²) in [6.07, 6.45) is 22.1. The normalized spacial score (nSPS) is 18.9. The van der Waals surface area contributed by atoms with Gasteiger partial charge in [-0.25, -0.2) is 0 Å². The Bertz CT molecular complexity index is 932. The quantitative estimate of drug-likeness (QED) is 0.428. The van der Waals surface area contributed by atoms with E-state index in [1.165, 1.54) is 109 Å². The summed E-state index contributed by atoms with van der Waals surface area (Å²) >= 11 is 0. The van der Waals surface area contributed by atoms with Crippen molar-refractivity contribution in [3.63, 3.8) is 0 Å². The molecule has 0 atom stereocenters. The van der Waals surface area contributed by atoms with Gasteiger partial charge < -0.3 is 10.6 Å². The second kappa shape index (κ2) is 16.2. The van der Waals surface area contributed by atoms with Gasteiger partial charge >= 0.3 is 0 Å². The molecule has 5 nitrogen and oxygen atoms in total. The lowest BCUT2D eigenvalue weighted by Crippen LogP contribution is -2.24. The predicted octanol–water partition coefficient (Wildman–Crippen LogP) is 8.88. The molecule has 1 aromatic carbocycles. The number of hydrogen-bond donors (Lipinski definition) is 2. The fourth-order valence-electron chi connectivity index (χ4n) is 5.57. The van der Waals surface area contributed by atoms with Crippen molar-refractivity contribution < 1.29 is 0 Å². The van der Waals surface area contributed by atoms with Gasteiger partial charge in [0, 0.05) is 17.6 Å². The predicted molar refractivity (Wildman–Crippen MR) is 156 cm³/mol. The SMILES string of the molecule is c1ccccc(-c2nc(NC3CCCCCCCCC3)nc(NC3CCCCCCCC3)n2)cccc1. The van der Waals surface area contributed by atoms with E-state index in [-0.39, 0.29) is 0 Å². The smallest absolute Gasteiger partial charge is 0.228 e. The summed E-state index contributed by atoms with van der Waals surface area (Å²) in [5.41, 5.74) is 0.991. The zero-order valence-electron chi connectivity index (χ0n) is 22.7. The van der Waals surface area contributed by atoms with E-state index < -0.39 is 0 Å². The maximum atomic E-state index is 4.95. The first kappa shape index (κ1) is 27.3. The summed E-state index contributed by atoms with van der Waals surface area (Å²) in [7, 11) is 0. The highest BCUT2D eigenvalue weighted by atomic mass is 15.2. The van der Waals surface area contributed by atoms with E-state index in [0.717, 1.165) is 11.4 Å². The minimum absolute atomic E-state index is 0.424. The molecule has 5 heteroatoms. The molecule has 2 fully saturated rings. The molecule has 37 heavy (non-hydrogen) atoms. The molecule has 0 saturated heterocycles. The molecule has 1 heterocycles. The van der Waals surface area contributed by atoms with Crippen LogP contribution in [0.1, 0.15) is 109 Å². The average Bonchev–Trinajstić information content (AvgIpc) is 3.05. The van der Waals surface area contributed by atoms with Crippen molar-refractivity contribution in [1.82, 2.24) is 15.0 Å². The molecule has 0 radical (unpaired) electrons. The summed E-state index contributed by atoms with van der Waals surface area (Å²) in [6.45, 7) is 0. The topological polar surface area (TPSA) is 62.7 Å². The Labute approximate surface area is 224 Å². The van der Waals surface area contributed by atoms with Gasteiger partial charge in [-0.15, -0.1) is 0 Å². The van der Waals surface area contributed by atoms with Crippen molar-refractivity contribution in [3.8, 4) is 11.4 Å². The first-order valence-electron chi connectivity index (χ1n) is 15.0. The van der Waals surface area contributed by atoms with Crippen LogP contribution in [-0.4, -0.2) is 27.0 Å². The van der Waals surface area contributed by atoms with Gasteiger partial charge in [0.1, 0.15) is 0 Å². The van der Waals surface area contributed by atoms with Crippen LogP contribution < -0.4 is 10.6 Å². The van der Waals surface area contributed by atoms with Crippen molar-refractivity contribution in [2.75, 3.05) is 10.6 Å². The third-order valence-electron chi connectivity index (χ3n) is 7.74. The maximum absolute atomic E-state index is 4.95. The Hall–Kier alpha value is -2.69. The Morgan fingerprint density at radius 1 is 0.432 bits per heavy atom. The zero-order chi connectivity index (χ0) is 25.4. The average molecular weight is 502 g/mol. The number of hydrogen-bond acceptors (Lipinski definition) is 5. The van der Waals surface area contributed by atoms with Gasteiger partial charge in [-0.05, 0) is 25.7 Å². The molecule has 0 bridgehead atoms. The molecule has 4 rings (SSSR count). The Morgan fingerprint density at radius 2 is 0.784 bits per heavy atom. The van der Waals surface area contributed by atoms with Gasteiger partial charge in [0.2, 0.25) is 11.9 Å². The van der Waals surface area contributed by atoms with Crippen LogP contribution in [-0.2, 0) is 0 Å². The van der Waals surface area contributed by atoms with E-state index in [1.54, 1.807) is 0 Å². The van der Waals surface area contributed by atoms with Crippen molar-refractivity contribution >= 4 is 11.9 Å². The molecular formula is C32H47N5. The van der Waals surface area contributed by atoms with Crippen LogP contribution in [0.5, 0.6) is 0 Å². The minimum Gasteiger partial charge on any atom is -0.351 e. The first-order chi connectivity index (χ1) is 18.4. The lowest BCUT2D eigenvalue weighted by atomic mass is 9.97. The fraction of sp³-hybridized carbons (Fsp3) is 0.594. The van der Waals surface area contributed by atoms with Gasteiger partial charge in [-0.2, -0.15) is 15.0 Å². The van der Waals surface area contributed by atoms with Crippen LogP contribution in [0.4, 0.5) is 11.9 Å². The third kappa shape index (κ3) is 10.3. The molecule has 0 aliphatic heterocycles. The van der Waals surface area contributed by atoms with Crippen LogP contribution in [0.2, 0.25) is 0 Å². The van der Waals surface area contributed by atoms with Gasteiger partial charge in [-0.1, -0.05) is 138 Å². The van der Waals surface area contributed by atoms with Crippen LogP contribution in [0, 0.1) is 0 Å². The minimum atomic E-state index is 0.424. The van der Waals surface area contributed by atoms with E-state index in [4.69, 9.17) is 15.0 Å². The van der Waals surface area contributed by atoms with E-state index in [1.807, 2.05) is 30.3 Å². The van der Waals surface area contributed by atoms with E-state index in [0.29, 0.717) is 24.0 Å². The van der Waals surface area contributed by atoms with E-state index >= 15 is 0 Å². The monoisotopic (exact) mass is 501 g/mol. The molecule has 200 valence electrons. The lowest BCUT2D eigenvalue weighted by molar-refractivity contribution is 0.475. The number of anilines is 2. The molecule has 1 aromatic heterocycles. The van der Waals surface area contributed by atoms with Crippen LogP contribution in [0.15, 0.2) is 54.6 Å². The molecule has 0 amide bonds. The largest absolute Gasteiger partial charge is 0.351 e. The van der Waals surface area contributed by atoms with Crippen molar-refractivity contribution in [3.05, 3.63) is 54.6 Å². The molecule has 0 spiro atoms. The van der Waals surface area contributed by atoms with E-state index in [9.17, 15) is 0 Å². The van der Waals surface area contributed by atoms with Gasteiger partial charge in [-0.3, -0.25) is 0 Å².